The Balaban J connectivity index is 1.23. The lowest BCUT2D eigenvalue weighted by Crippen LogP contribution is -2.30. The maximum Gasteiger partial charge on any atom is 0.511 e. The van der Waals surface area contributed by atoms with Crippen LogP contribution in [0, 0.1) is 26.7 Å². The van der Waals surface area contributed by atoms with Crippen molar-refractivity contribution < 1.29 is 33.1 Å². The Labute approximate surface area is 298 Å². The second kappa shape index (κ2) is 15.3. The van der Waals surface area contributed by atoms with Crippen molar-refractivity contribution in [2.45, 2.75) is 61.0 Å². The number of aromatic nitrogens is 6. The van der Waals surface area contributed by atoms with Crippen molar-refractivity contribution in [2.75, 3.05) is 6.61 Å². The van der Waals surface area contributed by atoms with Crippen LogP contribution in [0.4, 0.5) is 4.79 Å². The Morgan fingerprint density at radius 3 is 2.29 bits per heavy atom. The second-order valence-corrected chi connectivity index (χ2v) is 12.4. The molecule has 1 unspecified atom stereocenters. The number of nitrogens with one attached hydrogen (secondary N) is 1. The second-order valence-electron chi connectivity index (χ2n) is 12.4. The van der Waals surface area contributed by atoms with Crippen LogP contribution in [0.25, 0.3) is 33.5 Å². The summed E-state index contributed by atoms with van der Waals surface area (Å²) >= 11 is 0. The monoisotopic (exact) mass is 706 g/mol. The first kappa shape index (κ1) is 35.5. The zero-order chi connectivity index (χ0) is 36.9. The number of benzene rings is 3. The lowest BCUT2D eigenvalue weighted by molar-refractivity contribution is -0.115. The molecule has 0 bridgehead atoms. The first-order valence-electron chi connectivity index (χ1n) is 16.7. The minimum Gasteiger partial charge on any atom is -0.465 e. The summed E-state index contributed by atoms with van der Waals surface area (Å²) in [6.07, 6.45) is -2.25. The van der Waals surface area contributed by atoms with Crippen molar-refractivity contribution in [3.05, 3.63) is 111 Å². The van der Waals surface area contributed by atoms with E-state index in [0.29, 0.717) is 53.0 Å². The van der Waals surface area contributed by atoms with Gasteiger partial charge in [-0.3, -0.25) is 24.0 Å². The van der Waals surface area contributed by atoms with Gasteiger partial charge in [-0.25, -0.2) is 14.4 Å². The van der Waals surface area contributed by atoms with E-state index in [9.17, 15) is 14.4 Å². The molecule has 14 heteroatoms. The summed E-state index contributed by atoms with van der Waals surface area (Å²) in [5.41, 5.74) is 7.26. The molecule has 0 saturated carbocycles. The number of fused-ring (bicyclic) bond motifs is 1. The van der Waals surface area contributed by atoms with Crippen LogP contribution >= 0.6 is 0 Å². The fourth-order valence-corrected chi connectivity index (χ4v) is 5.59. The van der Waals surface area contributed by atoms with Gasteiger partial charge in [0, 0.05) is 11.5 Å². The summed E-state index contributed by atoms with van der Waals surface area (Å²) in [7, 11) is 0. The molecule has 0 aliphatic carbocycles. The van der Waals surface area contributed by atoms with E-state index >= 15 is 0 Å². The minimum absolute atomic E-state index is 0.147. The maximum atomic E-state index is 13.8. The van der Waals surface area contributed by atoms with E-state index in [1.807, 2.05) is 73.9 Å². The Morgan fingerprint density at radius 2 is 1.60 bits per heavy atom. The average Bonchev–Trinajstić information content (AvgIpc) is 3.72. The topological polar surface area (TPSA) is 174 Å². The lowest BCUT2D eigenvalue weighted by atomic mass is 9.98. The molecule has 1 atom stereocenters. The van der Waals surface area contributed by atoms with E-state index in [1.54, 1.807) is 39.0 Å². The molecular weight excluding hydrogens is 668 g/mol. The zero-order valence-corrected chi connectivity index (χ0v) is 29.6. The van der Waals surface area contributed by atoms with E-state index in [-0.39, 0.29) is 12.2 Å². The fraction of sp³-hybridized carbons (Fsp3) is 0.289. The highest BCUT2D eigenvalue weighted by atomic mass is 16.8. The lowest BCUT2D eigenvalue weighted by Gasteiger charge is -2.21. The summed E-state index contributed by atoms with van der Waals surface area (Å²) < 4.78 is 29.0. The molecule has 0 saturated heterocycles. The minimum atomic E-state index is -1.24. The van der Waals surface area contributed by atoms with Gasteiger partial charge in [0.25, 0.3) is 12.3 Å². The molecule has 0 radical (unpaired) electrons. The summed E-state index contributed by atoms with van der Waals surface area (Å²) in [5, 5.41) is 3.85. The molecule has 0 fully saturated rings. The molecule has 0 aliphatic rings. The van der Waals surface area contributed by atoms with Gasteiger partial charge in [-0.05, 0) is 56.5 Å². The molecule has 3 aromatic heterocycles. The van der Waals surface area contributed by atoms with Gasteiger partial charge >= 0.3 is 17.9 Å². The number of rotatable bonds is 12. The number of para-hydroxylation sites is 1. The molecule has 268 valence electrons. The van der Waals surface area contributed by atoms with Gasteiger partial charge in [0.15, 0.2) is 5.82 Å². The van der Waals surface area contributed by atoms with E-state index in [2.05, 4.69) is 25.1 Å². The van der Waals surface area contributed by atoms with Crippen LogP contribution in [0.2, 0.25) is 0 Å². The summed E-state index contributed by atoms with van der Waals surface area (Å²) in [6, 6.07) is 20.8. The van der Waals surface area contributed by atoms with Gasteiger partial charge < -0.3 is 18.9 Å². The number of imidazole rings is 1. The van der Waals surface area contributed by atoms with Crippen LogP contribution in [0.3, 0.4) is 0 Å². The SMILES string of the molecule is CCOc1nc2cccc(C(=O)OC(OC(=O)OCc3nc(C)c(C)nc3C)C(C)C)c2n1Cc1ccc(-c2ccccc2-c2noc(=O)[nH]2)cc1. The number of aromatic amines is 1. The van der Waals surface area contributed by atoms with Gasteiger partial charge in [0.2, 0.25) is 0 Å². The molecule has 6 aromatic rings. The molecule has 1 N–H and O–H groups in total. The maximum absolute atomic E-state index is 13.8. The molecule has 52 heavy (non-hydrogen) atoms. The highest BCUT2D eigenvalue weighted by molar-refractivity contribution is 6.02. The van der Waals surface area contributed by atoms with Crippen LogP contribution in [0.5, 0.6) is 6.01 Å². The number of hydrogen-bond donors (Lipinski definition) is 1. The predicted molar refractivity (Wildman–Crippen MR) is 190 cm³/mol. The standard InChI is InChI=1S/C38H38N6O8/c1-7-48-36-41-30-14-10-13-29(34(45)50-35(21(2)3)51-38(47)49-20-31-24(6)39-22(4)23(5)40-31)32(30)44(36)19-25-15-17-26(18-16-25)27-11-8-9-12-28(27)33-42-37(46)52-43-33/h8-18,21,35H,7,19-20H2,1-6H3,(H,42,43,46). The molecule has 6 rings (SSSR count). The molecule has 3 aromatic carbocycles. The van der Waals surface area contributed by atoms with Gasteiger partial charge in [-0.2, -0.15) is 4.98 Å². The predicted octanol–water partition coefficient (Wildman–Crippen LogP) is 6.70. The van der Waals surface area contributed by atoms with Crippen LogP contribution < -0.4 is 10.5 Å². The van der Waals surface area contributed by atoms with E-state index in [4.69, 9.17) is 23.5 Å². The number of carbonyl (C=O) groups excluding carboxylic acids is 2. The van der Waals surface area contributed by atoms with Crippen molar-refractivity contribution in [2.24, 2.45) is 5.92 Å². The van der Waals surface area contributed by atoms with Crippen LogP contribution in [-0.4, -0.2) is 54.7 Å². The van der Waals surface area contributed by atoms with Gasteiger partial charge in [0.05, 0.1) is 52.5 Å². The number of carbonyl (C=O) groups is 2. The third-order valence-electron chi connectivity index (χ3n) is 8.34. The molecule has 0 spiro atoms. The zero-order valence-electron chi connectivity index (χ0n) is 29.6. The number of nitrogens with zero attached hydrogens (tertiary/aromatic N) is 5. The van der Waals surface area contributed by atoms with Crippen molar-refractivity contribution in [3.63, 3.8) is 0 Å². The fourth-order valence-electron chi connectivity index (χ4n) is 5.59. The van der Waals surface area contributed by atoms with Crippen molar-refractivity contribution in [1.29, 1.82) is 0 Å². The summed E-state index contributed by atoms with van der Waals surface area (Å²) in [4.78, 5) is 54.2. The normalized spacial score (nSPS) is 11.8. The molecule has 0 aliphatic heterocycles. The quantitative estimate of drug-likeness (QED) is 0.106. The van der Waals surface area contributed by atoms with Gasteiger partial charge in [-0.1, -0.05) is 73.6 Å². The Bertz CT molecular complexity index is 2290. The average molecular weight is 707 g/mol. The number of esters is 1. The highest BCUT2D eigenvalue weighted by Gasteiger charge is 2.27. The van der Waals surface area contributed by atoms with E-state index in [0.717, 1.165) is 28.1 Å². The summed E-state index contributed by atoms with van der Waals surface area (Å²) in [6.45, 7) is 11.3. The largest absolute Gasteiger partial charge is 0.511 e. The first-order valence-corrected chi connectivity index (χ1v) is 16.7. The molecule has 14 nitrogen and oxygen atoms in total. The number of ether oxygens (including phenoxy) is 4. The molecule has 3 heterocycles. The third kappa shape index (κ3) is 7.70. The Morgan fingerprint density at radius 1 is 0.865 bits per heavy atom. The van der Waals surface area contributed by atoms with Crippen molar-refractivity contribution in [1.82, 2.24) is 29.7 Å². The molecular formula is C38H38N6O8. The number of H-pyrrole nitrogens is 1. The highest BCUT2D eigenvalue weighted by Crippen LogP contribution is 2.31. The Hall–Kier alpha value is -6.31. The number of hydrogen-bond acceptors (Lipinski definition) is 12. The number of aryl methyl sites for hydroxylation is 3. The third-order valence-corrected chi connectivity index (χ3v) is 8.34. The van der Waals surface area contributed by atoms with Crippen LogP contribution in [-0.2, 0) is 27.4 Å². The van der Waals surface area contributed by atoms with Gasteiger partial charge in [-0.15, -0.1) is 0 Å². The van der Waals surface area contributed by atoms with Crippen LogP contribution in [0.1, 0.15) is 59.5 Å². The van der Waals surface area contributed by atoms with Crippen molar-refractivity contribution >= 4 is 23.2 Å². The van der Waals surface area contributed by atoms with E-state index < -0.39 is 30.1 Å². The first-order chi connectivity index (χ1) is 25.0. The summed E-state index contributed by atoms with van der Waals surface area (Å²) in [5.74, 6) is -1.41. The van der Waals surface area contributed by atoms with Gasteiger partial charge in [0.1, 0.15) is 6.61 Å². The van der Waals surface area contributed by atoms with Crippen molar-refractivity contribution in [3.8, 4) is 28.5 Å². The van der Waals surface area contributed by atoms with E-state index in [1.165, 1.54) is 0 Å². The smallest absolute Gasteiger partial charge is 0.465 e. The molecule has 0 amide bonds. The Kier molecular flexibility index (Phi) is 10.4. The van der Waals surface area contributed by atoms with Crippen LogP contribution in [0.15, 0.2) is 76.0 Å².